The molecule has 0 spiro atoms. The number of carbonyl (C=O) groups is 2. The maximum absolute atomic E-state index is 11.3. The molecule has 3 N–H and O–H groups in total. The van der Waals surface area contributed by atoms with Crippen molar-refractivity contribution in [1.82, 2.24) is 5.32 Å². The van der Waals surface area contributed by atoms with Crippen molar-refractivity contribution in [2.45, 2.75) is 18.2 Å². The van der Waals surface area contributed by atoms with E-state index in [-0.39, 0.29) is 12.0 Å². The van der Waals surface area contributed by atoms with Crippen molar-refractivity contribution in [2.75, 3.05) is 37.3 Å². The lowest BCUT2D eigenvalue weighted by atomic mass is 9.80. The largest absolute Gasteiger partial charge is 0.481 e. The first-order valence-corrected chi connectivity index (χ1v) is 11.0. The normalized spacial score (nSPS) is 21.6. The lowest BCUT2D eigenvalue weighted by Crippen LogP contribution is -2.43. The molecule has 158 valence electrons. The smallest absolute Gasteiger partial charge is 0.331 e. The summed E-state index contributed by atoms with van der Waals surface area (Å²) in [6.07, 6.45) is 5.66. The van der Waals surface area contributed by atoms with Crippen LogP contribution in [0.2, 0.25) is 0 Å². The van der Waals surface area contributed by atoms with E-state index in [0.717, 1.165) is 31.9 Å². The van der Waals surface area contributed by atoms with Crippen molar-refractivity contribution >= 4 is 27.5 Å². The summed E-state index contributed by atoms with van der Waals surface area (Å²) >= 11 is 0. The molecule has 2 aliphatic rings. The maximum atomic E-state index is 11.3. The summed E-state index contributed by atoms with van der Waals surface area (Å²) in [5.74, 6) is -2.06. The molecule has 0 radical (unpaired) electrons. The minimum absolute atomic E-state index is 0.0359. The maximum Gasteiger partial charge on any atom is 0.331 e. The molecule has 0 amide bonds. The van der Waals surface area contributed by atoms with Gasteiger partial charge in [0.15, 0.2) is 9.84 Å². The van der Waals surface area contributed by atoms with Crippen LogP contribution in [0.15, 0.2) is 53.0 Å². The van der Waals surface area contributed by atoms with Crippen LogP contribution >= 0.6 is 0 Å². The van der Waals surface area contributed by atoms with Gasteiger partial charge < -0.3 is 20.4 Å². The van der Waals surface area contributed by atoms with Crippen LogP contribution in [-0.2, 0) is 19.4 Å². The SMILES string of the molecule is CS(=O)(=O)c1ccc(N2CCNCC2)cc1.C[C@]1(C(=O)O)C=CC=C(C(=O)O)C1. The number of rotatable bonds is 4. The van der Waals surface area contributed by atoms with E-state index in [2.05, 4.69) is 10.2 Å². The van der Waals surface area contributed by atoms with Gasteiger partial charge in [0.2, 0.25) is 0 Å². The first kappa shape index (κ1) is 22.6. The summed E-state index contributed by atoms with van der Waals surface area (Å²) in [5.41, 5.74) is 0.143. The lowest BCUT2D eigenvalue weighted by Gasteiger charge is -2.29. The predicted molar refractivity (Wildman–Crippen MR) is 110 cm³/mol. The molecule has 0 saturated carbocycles. The van der Waals surface area contributed by atoms with Crippen LogP contribution in [0.5, 0.6) is 0 Å². The molecule has 3 rings (SSSR count). The van der Waals surface area contributed by atoms with Crippen molar-refractivity contribution in [3.8, 4) is 0 Å². The van der Waals surface area contributed by atoms with Gasteiger partial charge >= 0.3 is 11.9 Å². The summed E-state index contributed by atoms with van der Waals surface area (Å²) in [7, 11) is -3.08. The van der Waals surface area contributed by atoms with Crippen LogP contribution in [-0.4, -0.2) is 63.0 Å². The van der Waals surface area contributed by atoms with Crippen molar-refractivity contribution in [1.29, 1.82) is 0 Å². The second-order valence-electron chi connectivity index (χ2n) is 7.26. The van der Waals surface area contributed by atoms with Crippen LogP contribution in [0.3, 0.4) is 0 Å². The monoisotopic (exact) mass is 422 g/mol. The first-order chi connectivity index (χ1) is 13.5. The number of benzene rings is 1. The molecule has 1 aromatic rings. The van der Waals surface area contributed by atoms with E-state index in [9.17, 15) is 18.0 Å². The molecule has 0 bridgehead atoms. The Balaban J connectivity index is 0.000000212. The van der Waals surface area contributed by atoms with Crippen LogP contribution in [0.4, 0.5) is 5.69 Å². The molecule has 29 heavy (non-hydrogen) atoms. The molecule has 1 aliphatic carbocycles. The molecule has 8 nitrogen and oxygen atoms in total. The quantitative estimate of drug-likeness (QED) is 0.668. The second kappa shape index (κ2) is 9.23. The summed E-state index contributed by atoms with van der Waals surface area (Å²) in [5, 5.41) is 20.8. The zero-order chi connectivity index (χ0) is 21.7. The second-order valence-corrected chi connectivity index (χ2v) is 9.27. The van der Waals surface area contributed by atoms with E-state index in [4.69, 9.17) is 10.2 Å². The number of carboxylic acid groups (broad SMARTS) is 2. The van der Waals surface area contributed by atoms with E-state index >= 15 is 0 Å². The molecule has 9 heteroatoms. The van der Waals surface area contributed by atoms with Gasteiger partial charge in [0.25, 0.3) is 0 Å². The number of anilines is 1. The van der Waals surface area contributed by atoms with Gasteiger partial charge in [0, 0.05) is 43.7 Å². The Morgan fingerprint density at radius 1 is 1.10 bits per heavy atom. The average molecular weight is 423 g/mol. The van der Waals surface area contributed by atoms with Gasteiger partial charge in [-0.15, -0.1) is 0 Å². The molecule has 1 aliphatic heterocycles. The van der Waals surface area contributed by atoms with E-state index < -0.39 is 27.2 Å². The third-order valence-electron chi connectivity index (χ3n) is 4.83. The van der Waals surface area contributed by atoms with E-state index in [1.807, 2.05) is 12.1 Å². The Hall–Kier alpha value is -2.65. The number of aliphatic carboxylic acids is 2. The third kappa shape index (κ3) is 6.16. The molecule has 0 aromatic heterocycles. The van der Waals surface area contributed by atoms with Crippen molar-refractivity contribution < 1.29 is 28.2 Å². The molecular formula is C20H26N2O6S. The van der Waals surface area contributed by atoms with Gasteiger partial charge in [-0.05, 0) is 37.6 Å². The van der Waals surface area contributed by atoms with Gasteiger partial charge in [-0.3, -0.25) is 4.79 Å². The van der Waals surface area contributed by atoms with Crippen LogP contribution in [0.25, 0.3) is 0 Å². The predicted octanol–water partition coefficient (Wildman–Crippen LogP) is 1.55. The van der Waals surface area contributed by atoms with E-state index in [1.165, 1.54) is 31.4 Å². The summed E-state index contributed by atoms with van der Waals surface area (Å²) in [4.78, 5) is 24.0. The molecule has 1 heterocycles. The molecule has 1 fully saturated rings. The highest BCUT2D eigenvalue weighted by molar-refractivity contribution is 7.90. The van der Waals surface area contributed by atoms with Gasteiger partial charge in [-0.2, -0.15) is 0 Å². The Morgan fingerprint density at radius 3 is 2.17 bits per heavy atom. The highest BCUT2D eigenvalue weighted by Crippen LogP contribution is 2.31. The summed E-state index contributed by atoms with van der Waals surface area (Å²) in [6.45, 7) is 5.40. The zero-order valence-corrected chi connectivity index (χ0v) is 17.3. The fourth-order valence-electron chi connectivity index (χ4n) is 3.01. The molecular weight excluding hydrogens is 396 g/mol. The average Bonchev–Trinajstić information content (AvgIpc) is 2.68. The Kier molecular flexibility index (Phi) is 7.21. The summed E-state index contributed by atoms with van der Waals surface area (Å²) in [6, 6.07) is 7.10. The van der Waals surface area contributed by atoms with Crippen LogP contribution < -0.4 is 10.2 Å². The van der Waals surface area contributed by atoms with Crippen molar-refractivity contribution in [3.05, 3.63) is 48.1 Å². The topological polar surface area (TPSA) is 124 Å². The molecule has 1 atom stereocenters. The van der Waals surface area contributed by atoms with Gasteiger partial charge in [0.05, 0.1) is 10.3 Å². The van der Waals surface area contributed by atoms with Crippen LogP contribution in [0, 0.1) is 5.41 Å². The van der Waals surface area contributed by atoms with Gasteiger partial charge in [-0.1, -0.05) is 18.2 Å². The standard InChI is InChI=1S/C11H16N2O2S.C9H10O4/c1-16(14,15)11-4-2-10(3-5-11)13-8-6-12-7-9-13;1-9(8(12)13)4-2-3-6(5-9)7(10)11/h2-5,12H,6-9H2,1H3;2-4H,5H2,1H3,(H,10,11)(H,12,13)/t;9-/m.0/s1. The minimum atomic E-state index is -3.08. The molecule has 1 saturated heterocycles. The van der Waals surface area contributed by atoms with Crippen LogP contribution in [0.1, 0.15) is 13.3 Å². The fraction of sp³-hybridized carbons (Fsp3) is 0.400. The lowest BCUT2D eigenvalue weighted by molar-refractivity contribution is -0.145. The number of nitrogens with one attached hydrogen (secondary N) is 1. The number of carboxylic acids is 2. The van der Waals surface area contributed by atoms with E-state index in [0.29, 0.717) is 4.90 Å². The fourth-order valence-corrected chi connectivity index (χ4v) is 3.64. The number of sulfone groups is 1. The zero-order valence-electron chi connectivity index (χ0n) is 16.5. The van der Waals surface area contributed by atoms with E-state index in [1.54, 1.807) is 12.1 Å². The number of allylic oxidation sites excluding steroid dienone is 2. The Labute approximate surface area is 170 Å². The number of piperazine rings is 1. The van der Waals surface area contributed by atoms with Crippen molar-refractivity contribution in [2.24, 2.45) is 5.41 Å². The van der Waals surface area contributed by atoms with Gasteiger partial charge in [-0.25, -0.2) is 13.2 Å². The molecule has 1 aromatic carbocycles. The van der Waals surface area contributed by atoms with Crippen molar-refractivity contribution in [3.63, 3.8) is 0 Å². The number of nitrogens with zero attached hydrogens (tertiary/aromatic N) is 1. The molecule has 0 unspecified atom stereocenters. The highest BCUT2D eigenvalue weighted by Gasteiger charge is 2.34. The highest BCUT2D eigenvalue weighted by atomic mass is 32.2. The first-order valence-electron chi connectivity index (χ1n) is 9.14. The summed E-state index contributed by atoms with van der Waals surface area (Å²) < 4.78 is 22.6. The Morgan fingerprint density at radius 2 is 1.69 bits per heavy atom. The third-order valence-corrected chi connectivity index (χ3v) is 5.96. The minimum Gasteiger partial charge on any atom is -0.481 e. The number of hydrogen-bond acceptors (Lipinski definition) is 6. The van der Waals surface area contributed by atoms with Gasteiger partial charge in [0.1, 0.15) is 0 Å². The number of hydrogen-bond donors (Lipinski definition) is 3. The Bertz CT molecular complexity index is 915.